The van der Waals surface area contributed by atoms with Gasteiger partial charge in [0.15, 0.2) is 5.82 Å². The SMILES string of the molecule is COc1cc(C)nc(Cn2cc(-c3nc(C4CC4)cs3)nn2)n1. The van der Waals surface area contributed by atoms with Crippen LogP contribution in [0.25, 0.3) is 10.7 Å². The molecule has 0 bridgehead atoms. The maximum absolute atomic E-state index is 5.17. The topological polar surface area (TPSA) is 78.6 Å². The first-order chi connectivity index (χ1) is 11.2. The molecule has 118 valence electrons. The Hall–Kier alpha value is -2.35. The van der Waals surface area contributed by atoms with Crippen LogP contribution in [0.4, 0.5) is 0 Å². The number of thiazole rings is 1. The van der Waals surface area contributed by atoms with E-state index in [9.17, 15) is 0 Å². The van der Waals surface area contributed by atoms with Crippen molar-refractivity contribution in [1.82, 2.24) is 29.9 Å². The van der Waals surface area contributed by atoms with Crippen molar-refractivity contribution in [3.8, 4) is 16.6 Å². The minimum atomic E-state index is 0.450. The van der Waals surface area contributed by atoms with Crippen LogP contribution in [0.3, 0.4) is 0 Å². The number of aryl methyl sites for hydroxylation is 1. The Labute approximate surface area is 137 Å². The van der Waals surface area contributed by atoms with Gasteiger partial charge in [-0.2, -0.15) is 4.98 Å². The zero-order valence-electron chi connectivity index (χ0n) is 12.9. The van der Waals surface area contributed by atoms with Crippen molar-refractivity contribution in [2.24, 2.45) is 0 Å². The van der Waals surface area contributed by atoms with E-state index in [2.05, 4.69) is 30.6 Å². The second-order valence-electron chi connectivity index (χ2n) is 5.62. The number of methoxy groups -OCH3 is 1. The summed E-state index contributed by atoms with van der Waals surface area (Å²) < 4.78 is 6.90. The van der Waals surface area contributed by atoms with E-state index in [-0.39, 0.29) is 0 Å². The van der Waals surface area contributed by atoms with Crippen LogP contribution in [0.1, 0.15) is 36.0 Å². The highest BCUT2D eigenvalue weighted by Gasteiger charge is 2.26. The van der Waals surface area contributed by atoms with Crippen LogP contribution in [0.5, 0.6) is 5.88 Å². The molecule has 1 fully saturated rings. The van der Waals surface area contributed by atoms with E-state index in [0.29, 0.717) is 24.2 Å². The first kappa shape index (κ1) is 14.3. The summed E-state index contributed by atoms with van der Waals surface area (Å²) in [5, 5.41) is 11.4. The zero-order valence-corrected chi connectivity index (χ0v) is 13.7. The van der Waals surface area contributed by atoms with Crippen LogP contribution in [-0.2, 0) is 6.54 Å². The van der Waals surface area contributed by atoms with Gasteiger partial charge in [0.2, 0.25) is 5.88 Å². The number of aromatic nitrogens is 6. The maximum Gasteiger partial charge on any atom is 0.216 e. The Bertz CT molecular complexity index is 838. The van der Waals surface area contributed by atoms with Crippen molar-refractivity contribution in [2.45, 2.75) is 32.2 Å². The van der Waals surface area contributed by atoms with Crippen molar-refractivity contribution in [3.63, 3.8) is 0 Å². The van der Waals surface area contributed by atoms with Gasteiger partial charge in [-0.1, -0.05) is 5.21 Å². The molecule has 0 N–H and O–H groups in total. The molecule has 0 radical (unpaired) electrons. The predicted octanol–water partition coefficient (Wildman–Crippen LogP) is 2.43. The lowest BCUT2D eigenvalue weighted by molar-refractivity contribution is 0.393. The van der Waals surface area contributed by atoms with Gasteiger partial charge < -0.3 is 4.74 Å². The molecule has 0 atom stereocenters. The predicted molar refractivity (Wildman–Crippen MR) is 85.5 cm³/mol. The smallest absolute Gasteiger partial charge is 0.216 e. The molecule has 1 aliphatic rings. The van der Waals surface area contributed by atoms with Gasteiger partial charge in [0, 0.05) is 23.1 Å². The summed E-state index contributed by atoms with van der Waals surface area (Å²) in [6.07, 6.45) is 4.39. The third-order valence-electron chi connectivity index (χ3n) is 3.66. The zero-order chi connectivity index (χ0) is 15.8. The molecule has 0 unspecified atom stereocenters. The Morgan fingerprint density at radius 1 is 1.30 bits per heavy atom. The number of ether oxygens (including phenoxy) is 1. The minimum absolute atomic E-state index is 0.450. The van der Waals surface area contributed by atoms with E-state index in [1.807, 2.05) is 13.1 Å². The highest BCUT2D eigenvalue weighted by Crippen LogP contribution is 2.41. The van der Waals surface area contributed by atoms with Crippen LogP contribution in [0.15, 0.2) is 17.6 Å². The molecule has 3 aromatic heterocycles. The Balaban J connectivity index is 1.54. The average Bonchev–Trinajstić information content (AvgIpc) is 3.08. The number of nitrogens with zero attached hydrogens (tertiary/aromatic N) is 6. The highest BCUT2D eigenvalue weighted by atomic mass is 32.1. The van der Waals surface area contributed by atoms with E-state index >= 15 is 0 Å². The molecule has 0 saturated heterocycles. The average molecular weight is 328 g/mol. The van der Waals surface area contributed by atoms with Gasteiger partial charge in [-0.15, -0.1) is 16.4 Å². The fourth-order valence-electron chi connectivity index (χ4n) is 2.36. The lowest BCUT2D eigenvalue weighted by Gasteiger charge is -2.04. The molecule has 0 amide bonds. The van der Waals surface area contributed by atoms with Crippen molar-refractivity contribution >= 4 is 11.3 Å². The van der Waals surface area contributed by atoms with E-state index in [0.717, 1.165) is 16.4 Å². The summed E-state index contributed by atoms with van der Waals surface area (Å²) in [5.41, 5.74) is 2.84. The molecule has 7 nitrogen and oxygen atoms in total. The van der Waals surface area contributed by atoms with Gasteiger partial charge in [-0.25, -0.2) is 14.6 Å². The first-order valence-corrected chi connectivity index (χ1v) is 8.33. The normalized spacial score (nSPS) is 14.2. The number of hydrogen-bond donors (Lipinski definition) is 0. The van der Waals surface area contributed by atoms with Gasteiger partial charge in [-0.05, 0) is 19.8 Å². The molecule has 0 aromatic carbocycles. The van der Waals surface area contributed by atoms with Crippen LogP contribution in [0, 0.1) is 6.92 Å². The van der Waals surface area contributed by atoms with E-state index in [4.69, 9.17) is 4.74 Å². The van der Waals surface area contributed by atoms with Gasteiger partial charge in [0.25, 0.3) is 0 Å². The third kappa shape index (κ3) is 3.07. The standard InChI is InChI=1S/C15H16N6OS/c1-9-5-14(22-2)18-13(16-9)7-21-6-11(19-20-21)15-17-12(8-23-15)10-3-4-10/h5-6,8,10H,3-4,7H2,1-2H3. The van der Waals surface area contributed by atoms with Gasteiger partial charge in [-0.3, -0.25) is 0 Å². The van der Waals surface area contributed by atoms with Crippen LogP contribution in [0.2, 0.25) is 0 Å². The molecule has 3 heterocycles. The maximum atomic E-state index is 5.17. The van der Waals surface area contributed by atoms with Crippen LogP contribution < -0.4 is 4.74 Å². The highest BCUT2D eigenvalue weighted by molar-refractivity contribution is 7.13. The first-order valence-electron chi connectivity index (χ1n) is 7.46. The number of rotatable bonds is 5. The van der Waals surface area contributed by atoms with E-state index < -0.39 is 0 Å². The molecule has 1 aliphatic carbocycles. The second-order valence-corrected chi connectivity index (χ2v) is 6.48. The van der Waals surface area contributed by atoms with Gasteiger partial charge in [0.05, 0.1) is 19.0 Å². The Kier molecular flexibility index (Phi) is 3.53. The molecule has 1 saturated carbocycles. The summed E-state index contributed by atoms with van der Waals surface area (Å²) >= 11 is 1.62. The second kappa shape index (κ2) is 5.69. The Morgan fingerprint density at radius 3 is 2.96 bits per heavy atom. The summed E-state index contributed by atoms with van der Waals surface area (Å²) in [5.74, 6) is 1.86. The summed E-state index contributed by atoms with van der Waals surface area (Å²) in [6.45, 7) is 2.36. The fourth-order valence-corrected chi connectivity index (χ4v) is 3.21. The summed E-state index contributed by atoms with van der Waals surface area (Å²) in [6, 6.07) is 1.80. The molecule has 23 heavy (non-hydrogen) atoms. The summed E-state index contributed by atoms with van der Waals surface area (Å²) in [4.78, 5) is 13.4. The monoisotopic (exact) mass is 328 g/mol. The molecule has 8 heteroatoms. The van der Waals surface area contributed by atoms with Crippen molar-refractivity contribution in [2.75, 3.05) is 7.11 Å². The summed E-state index contributed by atoms with van der Waals surface area (Å²) in [7, 11) is 1.60. The lowest BCUT2D eigenvalue weighted by atomic mass is 10.3. The van der Waals surface area contributed by atoms with Crippen molar-refractivity contribution in [3.05, 3.63) is 34.9 Å². The van der Waals surface area contributed by atoms with Crippen molar-refractivity contribution in [1.29, 1.82) is 0 Å². The lowest BCUT2D eigenvalue weighted by Crippen LogP contribution is -2.07. The molecule has 3 aromatic rings. The minimum Gasteiger partial charge on any atom is -0.481 e. The molecular formula is C15H16N6OS. The fraction of sp³-hybridized carbons (Fsp3) is 0.400. The van der Waals surface area contributed by atoms with E-state index in [1.54, 1.807) is 29.2 Å². The van der Waals surface area contributed by atoms with Crippen LogP contribution >= 0.6 is 11.3 Å². The van der Waals surface area contributed by atoms with E-state index in [1.165, 1.54) is 18.5 Å². The molecular weight excluding hydrogens is 312 g/mol. The quantitative estimate of drug-likeness (QED) is 0.716. The van der Waals surface area contributed by atoms with Gasteiger partial charge >= 0.3 is 0 Å². The molecule has 0 aliphatic heterocycles. The van der Waals surface area contributed by atoms with Gasteiger partial charge in [0.1, 0.15) is 17.2 Å². The number of hydrogen-bond acceptors (Lipinski definition) is 7. The molecule has 4 rings (SSSR count). The molecule has 0 spiro atoms. The third-order valence-corrected chi connectivity index (χ3v) is 4.55. The van der Waals surface area contributed by atoms with Crippen molar-refractivity contribution < 1.29 is 4.74 Å². The largest absolute Gasteiger partial charge is 0.481 e. The van der Waals surface area contributed by atoms with Crippen LogP contribution in [-0.4, -0.2) is 37.1 Å². The Morgan fingerprint density at radius 2 is 2.17 bits per heavy atom.